The first-order valence-corrected chi connectivity index (χ1v) is 6.77. The van der Waals surface area contributed by atoms with Crippen molar-refractivity contribution in [2.45, 2.75) is 39.0 Å². The van der Waals surface area contributed by atoms with Crippen LogP contribution in [0.5, 0.6) is 0 Å². The summed E-state index contributed by atoms with van der Waals surface area (Å²) in [7, 11) is -0.657. The molecule has 0 amide bonds. The minimum absolute atomic E-state index is 0. The van der Waals surface area contributed by atoms with E-state index in [1.165, 1.54) is 12.5 Å². The van der Waals surface area contributed by atoms with Crippen LogP contribution in [0.3, 0.4) is 0 Å². The highest BCUT2D eigenvalue weighted by molar-refractivity contribution is 6.76. The Morgan fingerprint density at radius 3 is 1.50 bits per heavy atom. The smallest absolute Gasteiger partial charge is 0.0442 e. The van der Waals surface area contributed by atoms with Crippen LogP contribution >= 0.6 is 0 Å². The van der Waals surface area contributed by atoms with Crippen LogP contribution in [0, 0.1) is 0 Å². The zero-order valence-electron chi connectivity index (χ0n) is 6.41. The van der Waals surface area contributed by atoms with E-state index in [9.17, 15) is 0 Å². The molecule has 0 heterocycles. The average Bonchev–Trinajstić information content (AvgIpc) is 1.30. The Morgan fingerprint density at radius 1 is 1.12 bits per heavy atom. The Hall–Kier alpha value is 0.177. The summed E-state index contributed by atoms with van der Waals surface area (Å²) in [5.41, 5.74) is 0. The van der Waals surface area contributed by atoms with Crippen LogP contribution in [0.1, 0.15) is 13.3 Å². The lowest BCUT2D eigenvalue weighted by Crippen LogP contribution is -2.17. The molecule has 0 bridgehead atoms. The third-order valence-corrected chi connectivity index (χ3v) is 3.00. The van der Waals surface area contributed by atoms with Crippen molar-refractivity contribution in [1.82, 2.24) is 0 Å². The zero-order valence-corrected chi connectivity index (χ0v) is 7.41. The summed E-state index contributed by atoms with van der Waals surface area (Å²) in [5.74, 6) is 0. The number of rotatable bonds is 2. The maximum absolute atomic E-state index is 2.41. The fourth-order valence-corrected chi connectivity index (χ4v) is 2.25. The fourth-order valence-electron chi connectivity index (χ4n) is 0.750. The number of hydrogen-bond acceptors (Lipinski definition) is 0. The molecule has 0 radical (unpaired) electrons. The molecule has 0 rings (SSSR count). The van der Waals surface area contributed by atoms with Crippen molar-refractivity contribution in [3.05, 3.63) is 0 Å². The van der Waals surface area contributed by atoms with Crippen LogP contribution in [-0.2, 0) is 0 Å². The third kappa shape index (κ3) is 9.49. The molecule has 2 heteroatoms. The summed E-state index contributed by atoms with van der Waals surface area (Å²) in [5, 5.41) is 0. The maximum atomic E-state index is 2.41. The van der Waals surface area contributed by atoms with Crippen molar-refractivity contribution >= 4 is 8.07 Å². The van der Waals surface area contributed by atoms with E-state index in [1.807, 2.05) is 0 Å². The average molecular weight is 134 g/mol. The van der Waals surface area contributed by atoms with Crippen molar-refractivity contribution in [1.29, 1.82) is 0 Å². The van der Waals surface area contributed by atoms with Crippen LogP contribution in [0.15, 0.2) is 0 Å². The van der Waals surface area contributed by atoms with Crippen molar-refractivity contribution < 1.29 is 5.48 Å². The first kappa shape index (κ1) is 11.0. The highest BCUT2D eigenvalue weighted by Crippen LogP contribution is 2.09. The highest BCUT2D eigenvalue weighted by Gasteiger charge is 2.09. The largest absolute Gasteiger partial charge is 0.412 e. The minimum atomic E-state index is -0.657. The monoisotopic (exact) mass is 134 g/mol. The minimum Gasteiger partial charge on any atom is -0.412 e. The molecule has 0 atom stereocenters. The molecule has 0 saturated heterocycles. The lowest BCUT2D eigenvalue weighted by atomic mass is 10.6. The van der Waals surface area contributed by atoms with E-state index in [1.54, 1.807) is 0 Å². The van der Waals surface area contributed by atoms with Gasteiger partial charge in [-0.25, -0.2) is 0 Å². The quantitative estimate of drug-likeness (QED) is 0.517. The lowest BCUT2D eigenvalue weighted by Gasteiger charge is -2.12. The summed E-state index contributed by atoms with van der Waals surface area (Å²) < 4.78 is 0. The first-order chi connectivity index (χ1) is 3.06. The zero-order chi connectivity index (χ0) is 5.91. The van der Waals surface area contributed by atoms with Gasteiger partial charge in [-0.05, 0) is 0 Å². The first-order valence-electron chi connectivity index (χ1n) is 3.06. The summed E-state index contributed by atoms with van der Waals surface area (Å²) >= 11 is 0. The molecule has 0 aromatic heterocycles. The molecular formula is C6H18OSi. The van der Waals surface area contributed by atoms with Gasteiger partial charge >= 0.3 is 0 Å². The van der Waals surface area contributed by atoms with Crippen LogP contribution in [0.4, 0.5) is 0 Å². The van der Waals surface area contributed by atoms with E-state index >= 15 is 0 Å². The van der Waals surface area contributed by atoms with Gasteiger partial charge in [-0.3, -0.25) is 0 Å². The van der Waals surface area contributed by atoms with Crippen molar-refractivity contribution in [2.75, 3.05) is 0 Å². The highest BCUT2D eigenvalue weighted by atomic mass is 28.3. The van der Waals surface area contributed by atoms with Crippen molar-refractivity contribution in [3.63, 3.8) is 0 Å². The van der Waals surface area contributed by atoms with E-state index < -0.39 is 8.07 Å². The van der Waals surface area contributed by atoms with Gasteiger partial charge in [-0.1, -0.05) is 39.0 Å². The van der Waals surface area contributed by atoms with Crippen molar-refractivity contribution in [2.24, 2.45) is 0 Å². The van der Waals surface area contributed by atoms with Crippen molar-refractivity contribution in [3.8, 4) is 0 Å². The van der Waals surface area contributed by atoms with E-state index in [0.29, 0.717) is 0 Å². The molecule has 2 N–H and O–H groups in total. The topological polar surface area (TPSA) is 31.5 Å². The Balaban J connectivity index is 0. The molecule has 0 aromatic rings. The molecule has 52 valence electrons. The molecule has 0 aliphatic heterocycles. The van der Waals surface area contributed by atoms with E-state index in [4.69, 9.17) is 0 Å². The summed E-state index contributed by atoms with van der Waals surface area (Å²) in [6.45, 7) is 9.50. The van der Waals surface area contributed by atoms with Crippen LogP contribution in [0.25, 0.3) is 0 Å². The second-order valence-corrected chi connectivity index (χ2v) is 8.93. The van der Waals surface area contributed by atoms with Gasteiger partial charge in [-0.2, -0.15) is 0 Å². The predicted octanol–water partition coefficient (Wildman–Crippen LogP) is 1.91. The molecule has 0 aliphatic carbocycles. The van der Waals surface area contributed by atoms with Gasteiger partial charge in [0.1, 0.15) is 0 Å². The predicted molar refractivity (Wildman–Crippen MR) is 42.1 cm³/mol. The van der Waals surface area contributed by atoms with Gasteiger partial charge in [0.15, 0.2) is 0 Å². The molecule has 0 fully saturated rings. The Kier molecular flexibility index (Phi) is 5.65. The fraction of sp³-hybridized carbons (Fsp3) is 1.00. The van der Waals surface area contributed by atoms with Gasteiger partial charge in [0, 0.05) is 8.07 Å². The Morgan fingerprint density at radius 2 is 1.50 bits per heavy atom. The summed E-state index contributed by atoms with van der Waals surface area (Å²) in [4.78, 5) is 0. The standard InChI is InChI=1S/C6H16Si.H2O/c1-5-6-7(2,3)4;/h5-6H2,1-4H3;1H2. The SMILES string of the molecule is CCC[Si](C)(C)C.O. The van der Waals surface area contributed by atoms with E-state index in [2.05, 4.69) is 26.6 Å². The lowest BCUT2D eigenvalue weighted by molar-refractivity contribution is 0.824. The summed E-state index contributed by atoms with van der Waals surface area (Å²) in [6, 6.07) is 1.48. The third-order valence-electron chi connectivity index (χ3n) is 1.000. The Labute approximate surface area is 53.4 Å². The molecular weight excluding hydrogens is 116 g/mol. The molecule has 0 aliphatic rings. The molecule has 0 saturated carbocycles. The van der Waals surface area contributed by atoms with E-state index in [-0.39, 0.29) is 5.48 Å². The number of hydrogen-bond donors (Lipinski definition) is 0. The van der Waals surface area contributed by atoms with Gasteiger partial charge < -0.3 is 5.48 Å². The van der Waals surface area contributed by atoms with Crippen LogP contribution < -0.4 is 0 Å². The van der Waals surface area contributed by atoms with Gasteiger partial charge in [0.05, 0.1) is 0 Å². The normalized spacial score (nSPS) is 10.5. The summed E-state index contributed by atoms with van der Waals surface area (Å²) in [6.07, 6.45) is 1.37. The van der Waals surface area contributed by atoms with Gasteiger partial charge in [0.25, 0.3) is 0 Å². The second-order valence-electron chi connectivity index (χ2n) is 3.31. The van der Waals surface area contributed by atoms with Crippen LogP contribution in [-0.4, -0.2) is 13.6 Å². The molecule has 8 heavy (non-hydrogen) atoms. The molecule has 0 spiro atoms. The molecule has 1 nitrogen and oxygen atoms in total. The van der Waals surface area contributed by atoms with E-state index in [0.717, 1.165) is 0 Å². The van der Waals surface area contributed by atoms with Gasteiger partial charge in [0.2, 0.25) is 0 Å². The maximum Gasteiger partial charge on any atom is 0.0442 e. The second kappa shape index (κ2) is 4.10. The van der Waals surface area contributed by atoms with Gasteiger partial charge in [-0.15, -0.1) is 0 Å². The molecule has 0 unspecified atom stereocenters. The molecule has 0 aromatic carbocycles. The Bertz CT molecular complexity index is 47.0. The van der Waals surface area contributed by atoms with Crippen LogP contribution in [0.2, 0.25) is 25.7 Å².